The van der Waals surface area contributed by atoms with Gasteiger partial charge in [0.05, 0.1) is 12.8 Å². The van der Waals surface area contributed by atoms with Crippen LogP contribution in [0.3, 0.4) is 0 Å². The minimum atomic E-state index is 0.662. The lowest BCUT2D eigenvalue weighted by atomic mass is 10.1. The zero-order valence-corrected chi connectivity index (χ0v) is 8.71. The molecule has 1 aromatic heterocycles. The molecule has 1 heterocycles. The third-order valence-electron chi connectivity index (χ3n) is 2.40. The van der Waals surface area contributed by atoms with Crippen molar-refractivity contribution in [3.05, 3.63) is 30.0 Å². The molecule has 0 spiro atoms. The minimum Gasteiger partial charge on any atom is -0.361 e. The average molecular weight is 205 g/mol. The Morgan fingerprint density at radius 3 is 3.07 bits per heavy atom. The van der Waals surface area contributed by atoms with Gasteiger partial charge in [0, 0.05) is 17.1 Å². The summed E-state index contributed by atoms with van der Waals surface area (Å²) in [5.74, 6) is 0. The SMILES string of the molecule is CONc1ccc2[nH]cc(CCN)c2c1. The molecule has 0 aliphatic heterocycles. The van der Waals surface area contributed by atoms with E-state index in [1.807, 2.05) is 18.3 Å². The van der Waals surface area contributed by atoms with E-state index < -0.39 is 0 Å². The number of aromatic amines is 1. The standard InChI is InChI=1S/C11H15N3O/c1-15-14-9-2-3-11-10(6-9)8(4-5-12)7-13-11/h2-3,6-7,13-14H,4-5,12H2,1H3. The van der Waals surface area contributed by atoms with Crippen molar-refractivity contribution in [1.29, 1.82) is 0 Å². The monoisotopic (exact) mass is 205 g/mol. The van der Waals surface area contributed by atoms with Gasteiger partial charge in [0.1, 0.15) is 0 Å². The zero-order valence-electron chi connectivity index (χ0n) is 8.71. The molecule has 0 saturated carbocycles. The van der Waals surface area contributed by atoms with Crippen LogP contribution in [-0.2, 0) is 11.3 Å². The van der Waals surface area contributed by atoms with Gasteiger partial charge in [0.2, 0.25) is 0 Å². The molecule has 4 heteroatoms. The Hall–Kier alpha value is -1.52. The molecule has 0 radical (unpaired) electrons. The number of fused-ring (bicyclic) bond motifs is 1. The molecule has 0 aliphatic carbocycles. The van der Waals surface area contributed by atoms with Gasteiger partial charge in [0.15, 0.2) is 0 Å². The molecular weight excluding hydrogens is 190 g/mol. The summed E-state index contributed by atoms with van der Waals surface area (Å²) in [6, 6.07) is 6.05. The highest BCUT2D eigenvalue weighted by Gasteiger charge is 2.03. The van der Waals surface area contributed by atoms with Crippen LogP contribution in [0.1, 0.15) is 5.56 Å². The highest BCUT2D eigenvalue weighted by Crippen LogP contribution is 2.22. The van der Waals surface area contributed by atoms with Crippen LogP contribution in [0.2, 0.25) is 0 Å². The maximum Gasteiger partial charge on any atom is 0.0636 e. The first-order valence-corrected chi connectivity index (χ1v) is 4.94. The predicted molar refractivity (Wildman–Crippen MR) is 61.7 cm³/mol. The summed E-state index contributed by atoms with van der Waals surface area (Å²) in [5.41, 5.74) is 11.7. The van der Waals surface area contributed by atoms with E-state index in [9.17, 15) is 0 Å². The van der Waals surface area contributed by atoms with E-state index in [0.717, 1.165) is 17.6 Å². The van der Waals surface area contributed by atoms with Crippen molar-refractivity contribution in [1.82, 2.24) is 4.98 Å². The maximum atomic E-state index is 5.55. The molecule has 0 saturated heterocycles. The van der Waals surface area contributed by atoms with Gasteiger partial charge >= 0.3 is 0 Å². The van der Waals surface area contributed by atoms with Crippen molar-refractivity contribution in [2.45, 2.75) is 6.42 Å². The van der Waals surface area contributed by atoms with E-state index in [0.29, 0.717) is 6.54 Å². The topological polar surface area (TPSA) is 63.1 Å². The van der Waals surface area contributed by atoms with E-state index >= 15 is 0 Å². The average Bonchev–Trinajstić information content (AvgIpc) is 2.63. The van der Waals surface area contributed by atoms with E-state index in [1.165, 1.54) is 10.9 Å². The van der Waals surface area contributed by atoms with Crippen LogP contribution in [0.4, 0.5) is 5.69 Å². The first-order valence-electron chi connectivity index (χ1n) is 4.94. The zero-order chi connectivity index (χ0) is 10.7. The number of anilines is 1. The Bertz CT molecular complexity index is 450. The van der Waals surface area contributed by atoms with Crippen LogP contribution < -0.4 is 11.2 Å². The molecule has 0 unspecified atom stereocenters. The van der Waals surface area contributed by atoms with Gasteiger partial charge in [-0.05, 0) is 36.7 Å². The molecular formula is C11H15N3O. The number of nitrogens with two attached hydrogens (primary N) is 1. The fourth-order valence-corrected chi connectivity index (χ4v) is 1.72. The third-order valence-corrected chi connectivity index (χ3v) is 2.40. The quantitative estimate of drug-likeness (QED) is 0.665. The second-order valence-corrected chi connectivity index (χ2v) is 3.42. The molecule has 4 nitrogen and oxygen atoms in total. The normalized spacial score (nSPS) is 10.8. The first-order chi connectivity index (χ1) is 7.35. The molecule has 0 amide bonds. The van der Waals surface area contributed by atoms with Gasteiger partial charge in [-0.25, -0.2) is 0 Å². The fourth-order valence-electron chi connectivity index (χ4n) is 1.72. The maximum absolute atomic E-state index is 5.55. The molecule has 0 atom stereocenters. The summed E-state index contributed by atoms with van der Waals surface area (Å²) in [5, 5.41) is 1.20. The summed E-state index contributed by atoms with van der Waals surface area (Å²) in [4.78, 5) is 8.09. The van der Waals surface area contributed by atoms with Crippen molar-refractivity contribution in [3.8, 4) is 0 Å². The third kappa shape index (κ3) is 1.95. The van der Waals surface area contributed by atoms with Gasteiger partial charge in [-0.15, -0.1) is 0 Å². The summed E-state index contributed by atoms with van der Waals surface area (Å²) in [6.45, 7) is 0.662. The number of nitrogens with one attached hydrogen (secondary N) is 2. The van der Waals surface area contributed by atoms with Crippen molar-refractivity contribution in [3.63, 3.8) is 0 Å². The Morgan fingerprint density at radius 2 is 2.33 bits per heavy atom. The Labute approximate surface area is 88.4 Å². The van der Waals surface area contributed by atoms with E-state index in [-0.39, 0.29) is 0 Å². The molecule has 0 fully saturated rings. The largest absolute Gasteiger partial charge is 0.361 e. The second-order valence-electron chi connectivity index (χ2n) is 3.42. The van der Waals surface area contributed by atoms with Crippen LogP contribution in [0, 0.1) is 0 Å². The lowest BCUT2D eigenvalue weighted by molar-refractivity contribution is 0.271. The summed E-state index contributed by atoms with van der Waals surface area (Å²) < 4.78 is 0. The van der Waals surface area contributed by atoms with Crippen molar-refractivity contribution in [2.24, 2.45) is 5.73 Å². The van der Waals surface area contributed by atoms with Crippen molar-refractivity contribution >= 4 is 16.6 Å². The Morgan fingerprint density at radius 1 is 1.47 bits per heavy atom. The van der Waals surface area contributed by atoms with Crippen LogP contribution in [0.25, 0.3) is 10.9 Å². The van der Waals surface area contributed by atoms with Crippen LogP contribution >= 0.6 is 0 Å². The molecule has 2 rings (SSSR count). The number of hydrogen-bond acceptors (Lipinski definition) is 3. The van der Waals surface area contributed by atoms with E-state index in [4.69, 9.17) is 10.6 Å². The highest BCUT2D eigenvalue weighted by molar-refractivity contribution is 5.86. The number of aromatic nitrogens is 1. The van der Waals surface area contributed by atoms with Gasteiger partial charge in [-0.3, -0.25) is 10.3 Å². The first kappa shape index (κ1) is 10.0. The molecule has 0 aliphatic rings. The molecule has 0 bridgehead atoms. The summed E-state index contributed by atoms with van der Waals surface area (Å²) in [6.07, 6.45) is 2.89. The lowest BCUT2D eigenvalue weighted by Crippen LogP contribution is -2.02. The number of H-pyrrole nitrogens is 1. The number of benzene rings is 1. The molecule has 2 aromatic rings. The van der Waals surface area contributed by atoms with Crippen LogP contribution in [0.5, 0.6) is 0 Å². The van der Waals surface area contributed by atoms with Gasteiger partial charge in [-0.1, -0.05) is 0 Å². The van der Waals surface area contributed by atoms with Gasteiger partial charge in [-0.2, -0.15) is 0 Å². The van der Waals surface area contributed by atoms with Crippen LogP contribution in [-0.4, -0.2) is 18.6 Å². The highest BCUT2D eigenvalue weighted by atomic mass is 16.6. The predicted octanol–water partition coefficient (Wildman–Crippen LogP) is 1.64. The second kappa shape index (κ2) is 4.33. The molecule has 1 aromatic carbocycles. The van der Waals surface area contributed by atoms with E-state index in [2.05, 4.69) is 16.5 Å². The van der Waals surface area contributed by atoms with Crippen LogP contribution in [0.15, 0.2) is 24.4 Å². The number of rotatable bonds is 4. The van der Waals surface area contributed by atoms with E-state index in [1.54, 1.807) is 7.11 Å². The summed E-state index contributed by atoms with van der Waals surface area (Å²) in [7, 11) is 1.60. The number of hydrogen-bond donors (Lipinski definition) is 3. The molecule has 4 N–H and O–H groups in total. The Balaban J connectivity index is 2.42. The lowest BCUT2D eigenvalue weighted by Gasteiger charge is -2.03. The Kier molecular flexibility index (Phi) is 2.89. The summed E-state index contributed by atoms with van der Waals surface area (Å²) >= 11 is 0. The molecule has 15 heavy (non-hydrogen) atoms. The van der Waals surface area contributed by atoms with Crippen molar-refractivity contribution in [2.75, 3.05) is 19.1 Å². The molecule has 80 valence electrons. The van der Waals surface area contributed by atoms with Crippen molar-refractivity contribution < 1.29 is 4.84 Å². The fraction of sp³-hybridized carbons (Fsp3) is 0.273. The minimum absolute atomic E-state index is 0.662. The van der Waals surface area contributed by atoms with Gasteiger partial charge < -0.3 is 10.7 Å². The van der Waals surface area contributed by atoms with Gasteiger partial charge in [0.25, 0.3) is 0 Å². The smallest absolute Gasteiger partial charge is 0.0636 e.